The number of carbonyl (C=O) groups excluding carboxylic acids is 2. The second-order valence-corrected chi connectivity index (χ2v) is 6.27. The van der Waals surface area contributed by atoms with Gasteiger partial charge in [0.05, 0.1) is 12.0 Å². The molecule has 0 aliphatic carbocycles. The standard InChI is InChI=1S/C20H20N2O4/c23-18(12-15-3-1-4-16(11-15)20(25)26)21-13-14-6-8-17(9-7-14)22-10-2-5-19(22)24/h1,3-4,6-9,11H,2,5,10,12-13H2,(H,21,23)(H,25,26). The van der Waals surface area contributed by atoms with Crippen molar-refractivity contribution in [2.24, 2.45) is 0 Å². The molecule has 0 atom stereocenters. The molecule has 0 unspecified atom stereocenters. The SMILES string of the molecule is O=C(Cc1cccc(C(=O)O)c1)NCc1ccc(N2CCCC2=O)cc1. The number of amides is 2. The number of carboxylic acids is 1. The summed E-state index contributed by atoms with van der Waals surface area (Å²) in [6.45, 7) is 1.13. The number of anilines is 1. The molecule has 1 fully saturated rings. The number of hydrogen-bond donors (Lipinski definition) is 2. The van der Waals surface area contributed by atoms with Crippen LogP contribution in [0, 0.1) is 0 Å². The lowest BCUT2D eigenvalue weighted by Crippen LogP contribution is -2.25. The van der Waals surface area contributed by atoms with Crippen molar-refractivity contribution in [3.05, 3.63) is 65.2 Å². The van der Waals surface area contributed by atoms with Crippen LogP contribution < -0.4 is 10.2 Å². The lowest BCUT2D eigenvalue weighted by molar-refractivity contribution is -0.120. The van der Waals surface area contributed by atoms with Crippen LogP contribution >= 0.6 is 0 Å². The molecule has 2 amide bonds. The van der Waals surface area contributed by atoms with Crippen LogP contribution in [0.25, 0.3) is 0 Å². The summed E-state index contributed by atoms with van der Waals surface area (Å²) in [5.41, 5.74) is 2.65. The third-order valence-electron chi connectivity index (χ3n) is 4.35. The van der Waals surface area contributed by atoms with Gasteiger partial charge in [-0.05, 0) is 41.8 Å². The third-order valence-corrected chi connectivity index (χ3v) is 4.35. The first-order valence-electron chi connectivity index (χ1n) is 8.51. The average molecular weight is 352 g/mol. The van der Waals surface area contributed by atoms with E-state index in [4.69, 9.17) is 5.11 Å². The van der Waals surface area contributed by atoms with Gasteiger partial charge in [0.2, 0.25) is 11.8 Å². The van der Waals surface area contributed by atoms with Gasteiger partial charge in [-0.3, -0.25) is 9.59 Å². The predicted molar refractivity (Wildman–Crippen MR) is 97.0 cm³/mol. The molecule has 3 rings (SSSR count). The summed E-state index contributed by atoms with van der Waals surface area (Å²) < 4.78 is 0. The Labute approximate surface area is 151 Å². The molecule has 0 saturated carbocycles. The molecule has 1 saturated heterocycles. The summed E-state index contributed by atoms with van der Waals surface area (Å²) in [5, 5.41) is 11.8. The molecule has 2 aromatic rings. The second-order valence-electron chi connectivity index (χ2n) is 6.27. The fraction of sp³-hybridized carbons (Fsp3) is 0.250. The minimum atomic E-state index is -1.01. The van der Waals surface area contributed by atoms with E-state index in [2.05, 4.69) is 5.32 Å². The molecule has 2 aromatic carbocycles. The van der Waals surface area contributed by atoms with E-state index in [1.165, 1.54) is 12.1 Å². The van der Waals surface area contributed by atoms with Gasteiger partial charge in [0.15, 0.2) is 0 Å². The maximum Gasteiger partial charge on any atom is 0.335 e. The first kappa shape index (κ1) is 17.7. The van der Waals surface area contributed by atoms with E-state index in [1.807, 2.05) is 24.3 Å². The predicted octanol–water partition coefficient (Wildman–Crippen LogP) is 2.37. The molecule has 134 valence electrons. The van der Waals surface area contributed by atoms with Crippen LogP contribution in [0.15, 0.2) is 48.5 Å². The van der Waals surface area contributed by atoms with E-state index in [-0.39, 0.29) is 23.8 Å². The molecule has 2 N–H and O–H groups in total. The maximum absolute atomic E-state index is 12.1. The van der Waals surface area contributed by atoms with E-state index in [0.29, 0.717) is 18.5 Å². The Morgan fingerprint density at radius 1 is 1.08 bits per heavy atom. The zero-order chi connectivity index (χ0) is 18.5. The smallest absolute Gasteiger partial charge is 0.335 e. The van der Waals surface area contributed by atoms with Crippen LogP contribution in [-0.2, 0) is 22.6 Å². The quantitative estimate of drug-likeness (QED) is 0.836. The van der Waals surface area contributed by atoms with Crippen molar-refractivity contribution in [2.45, 2.75) is 25.8 Å². The molecule has 0 aromatic heterocycles. The number of aromatic carboxylic acids is 1. The number of rotatable bonds is 6. The van der Waals surface area contributed by atoms with Crippen molar-refractivity contribution in [3.63, 3.8) is 0 Å². The number of carbonyl (C=O) groups is 3. The van der Waals surface area contributed by atoms with Gasteiger partial charge in [0, 0.05) is 25.2 Å². The summed E-state index contributed by atoms with van der Waals surface area (Å²) in [4.78, 5) is 36.6. The highest BCUT2D eigenvalue weighted by Gasteiger charge is 2.21. The van der Waals surface area contributed by atoms with E-state index in [9.17, 15) is 14.4 Å². The average Bonchev–Trinajstić information content (AvgIpc) is 3.06. The van der Waals surface area contributed by atoms with E-state index >= 15 is 0 Å². The van der Waals surface area contributed by atoms with Gasteiger partial charge in [0.25, 0.3) is 0 Å². The second kappa shape index (κ2) is 7.82. The minimum absolute atomic E-state index is 0.126. The highest BCUT2D eigenvalue weighted by atomic mass is 16.4. The number of benzene rings is 2. The van der Waals surface area contributed by atoms with Gasteiger partial charge in [-0.1, -0.05) is 24.3 Å². The molecule has 0 spiro atoms. The summed E-state index contributed by atoms with van der Waals surface area (Å²) in [7, 11) is 0. The van der Waals surface area contributed by atoms with Crippen molar-refractivity contribution >= 4 is 23.5 Å². The summed E-state index contributed by atoms with van der Waals surface area (Å²) in [5.74, 6) is -1.04. The fourth-order valence-electron chi connectivity index (χ4n) is 2.98. The number of carboxylic acid groups (broad SMARTS) is 1. The minimum Gasteiger partial charge on any atom is -0.478 e. The highest BCUT2D eigenvalue weighted by Crippen LogP contribution is 2.21. The third kappa shape index (κ3) is 4.27. The lowest BCUT2D eigenvalue weighted by atomic mass is 10.1. The Hall–Kier alpha value is -3.15. The van der Waals surface area contributed by atoms with Crippen molar-refractivity contribution in [2.75, 3.05) is 11.4 Å². The summed E-state index contributed by atoms with van der Waals surface area (Å²) in [6.07, 6.45) is 1.61. The van der Waals surface area contributed by atoms with Gasteiger partial charge in [-0.25, -0.2) is 4.79 Å². The monoisotopic (exact) mass is 352 g/mol. The first-order chi connectivity index (χ1) is 12.5. The normalized spacial score (nSPS) is 13.7. The number of hydrogen-bond acceptors (Lipinski definition) is 3. The zero-order valence-electron chi connectivity index (χ0n) is 14.3. The Kier molecular flexibility index (Phi) is 5.31. The number of nitrogens with zero attached hydrogens (tertiary/aromatic N) is 1. The molecule has 1 aliphatic rings. The van der Waals surface area contributed by atoms with E-state index in [1.54, 1.807) is 17.0 Å². The Morgan fingerprint density at radius 3 is 2.50 bits per heavy atom. The molecular weight excluding hydrogens is 332 g/mol. The number of nitrogens with one attached hydrogen (secondary N) is 1. The molecule has 6 heteroatoms. The highest BCUT2D eigenvalue weighted by molar-refractivity contribution is 5.95. The van der Waals surface area contributed by atoms with Crippen molar-refractivity contribution in [1.82, 2.24) is 5.32 Å². The van der Waals surface area contributed by atoms with Crippen molar-refractivity contribution < 1.29 is 19.5 Å². The van der Waals surface area contributed by atoms with E-state index in [0.717, 1.165) is 24.2 Å². The van der Waals surface area contributed by atoms with Crippen LogP contribution in [-0.4, -0.2) is 29.4 Å². The van der Waals surface area contributed by atoms with Gasteiger partial charge >= 0.3 is 5.97 Å². The molecule has 1 heterocycles. The van der Waals surface area contributed by atoms with Gasteiger partial charge < -0.3 is 15.3 Å². The topological polar surface area (TPSA) is 86.7 Å². The summed E-state index contributed by atoms with van der Waals surface area (Å²) >= 11 is 0. The Balaban J connectivity index is 1.53. The van der Waals surface area contributed by atoms with Crippen LogP contribution in [0.1, 0.15) is 34.3 Å². The molecule has 0 radical (unpaired) electrons. The maximum atomic E-state index is 12.1. The molecular formula is C20H20N2O4. The first-order valence-corrected chi connectivity index (χ1v) is 8.51. The van der Waals surface area contributed by atoms with Gasteiger partial charge in [-0.2, -0.15) is 0 Å². The van der Waals surface area contributed by atoms with Crippen LogP contribution in [0.3, 0.4) is 0 Å². The summed E-state index contributed by atoms with van der Waals surface area (Å²) in [6, 6.07) is 13.9. The Bertz CT molecular complexity index is 830. The zero-order valence-corrected chi connectivity index (χ0v) is 14.3. The largest absolute Gasteiger partial charge is 0.478 e. The van der Waals surface area contributed by atoms with Crippen molar-refractivity contribution in [1.29, 1.82) is 0 Å². The van der Waals surface area contributed by atoms with Crippen molar-refractivity contribution in [3.8, 4) is 0 Å². The molecule has 26 heavy (non-hydrogen) atoms. The van der Waals surface area contributed by atoms with E-state index < -0.39 is 5.97 Å². The van der Waals surface area contributed by atoms with Crippen LogP contribution in [0.4, 0.5) is 5.69 Å². The Morgan fingerprint density at radius 2 is 1.85 bits per heavy atom. The molecule has 6 nitrogen and oxygen atoms in total. The molecule has 1 aliphatic heterocycles. The lowest BCUT2D eigenvalue weighted by Gasteiger charge is -2.16. The molecule has 0 bridgehead atoms. The van der Waals surface area contributed by atoms with Crippen LogP contribution in [0.2, 0.25) is 0 Å². The van der Waals surface area contributed by atoms with Crippen LogP contribution in [0.5, 0.6) is 0 Å². The van der Waals surface area contributed by atoms with Gasteiger partial charge in [-0.15, -0.1) is 0 Å². The fourth-order valence-corrected chi connectivity index (χ4v) is 2.98. The van der Waals surface area contributed by atoms with Gasteiger partial charge in [0.1, 0.15) is 0 Å².